The Labute approximate surface area is 102 Å². The number of hydrogen-bond acceptors (Lipinski definition) is 3. The molecule has 0 fully saturated rings. The molecule has 0 amide bonds. The minimum absolute atomic E-state index is 0.404. The highest BCUT2D eigenvalue weighted by molar-refractivity contribution is 6.30. The molecule has 2 rings (SSSR count). The second-order valence-corrected chi connectivity index (χ2v) is 3.95. The smallest absolute Gasteiger partial charge is 0.329 e. The maximum Gasteiger partial charge on any atom is 0.329 e. The van der Waals surface area contributed by atoms with Crippen molar-refractivity contribution in [1.29, 1.82) is 0 Å². The molecule has 0 aliphatic carbocycles. The van der Waals surface area contributed by atoms with Crippen LogP contribution in [0.4, 0.5) is 11.5 Å². The van der Waals surface area contributed by atoms with Gasteiger partial charge in [0.25, 0.3) is 5.56 Å². The Balaban J connectivity index is 2.43. The van der Waals surface area contributed by atoms with Gasteiger partial charge in [0.15, 0.2) is 0 Å². The van der Waals surface area contributed by atoms with Crippen molar-refractivity contribution < 1.29 is 0 Å². The molecule has 1 aromatic heterocycles. The van der Waals surface area contributed by atoms with Crippen molar-refractivity contribution in [3.8, 4) is 0 Å². The zero-order chi connectivity index (χ0) is 12.4. The topological polar surface area (TPSA) is 66.9 Å². The van der Waals surface area contributed by atoms with Crippen molar-refractivity contribution in [3.05, 3.63) is 56.2 Å². The molecule has 2 aromatic rings. The fourth-order valence-corrected chi connectivity index (χ4v) is 1.58. The number of aromatic nitrogens is 2. The molecule has 1 heterocycles. The molecule has 0 aliphatic heterocycles. The summed E-state index contributed by atoms with van der Waals surface area (Å²) in [4.78, 5) is 24.7. The Bertz CT molecular complexity index is 660. The Hall–Kier alpha value is -2.01. The van der Waals surface area contributed by atoms with Gasteiger partial charge in [-0.3, -0.25) is 14.3 Å². The largest absolute Gasteiger partial charge is 0.341 e. The molecule has 5 nitrogen and oxygen atoms in total. The third-order valence-corrected chi connectivity index (χ3v) is 2.50. The second-order valence-electron chi connectivity index (χ2n) is 3.52. The molecule has 0 aliphatic rings. The summed E-state index contributed by atoms with van der Waals surface area (Å²) in [5.41, 5.74) is -0.210. The third kappa shape index (κ3) is 2.57. The van der Waals surface area contributed by atoms with Crippen LogP contribution in [0.3, 0.4) is 0 Å². The number of aromatic amines is 1. The van der Waals surface area contributed by atoms with Crippen LogP contribution >= 0.6 is 11.6 Å². The summed E-state index contributed by atoms with van der Waals surface area (Å²) < 4.78 is 1.31. The van der Waals surface area contributed by atoms with Crippen molar-refractivity contribution in [3.63, 3.8) is 0 Å². The van der Waals surface area contributed by atoms with Crippen LogP contribution in [0, 0.1) is 0 Å². The highest BCUT2D eigenvalue weighted by atomic mass is 35.5. The van der Waals surface area contributed by atoms with Crippen LogP contribution in [0.1, 0.15) is 0 Å². The predicted molar refractivity (Wildman–Crippen MR) is 67.0 cm³/mol. The molecule has 0 saturated carbocycles. The lowest BCUT2D eigenvalue weighted by Gasteiger charge is -2.09. The van der Waals surface area contributed by atoms with Gasteiger partial charge in [0.1, 0.15) is 5.82 Å². The summed E-state index contributed by atoms with van der Waals surface area (Å²) in [6.07, 6.45) is 0. The number of H-pyrrole nitrogens is 1. The van der Waals surface area contributed by atoms with Crippen LogP contribution in [0.25, 0.3) is 0 Å². The summed E-state index contributed by atoms with van der Waals surface area (Å²) in [5.74, 6) is 0.404. The molecule has 0 saturated heterocycles. The molecule has 0 bridgehead atoms. The van der Waals surface area contributed by atoms with Crippen molar-refractivity contribution in [2.45, 2.75) is 0 Å². The average molecular weight is 252 g/mol. The number of rotatable bonds is 2. The maximum absolute atomic E-state index is 11.4. The van der Waals surface area contributed by atoms with Gasteiger partial charge >= 0.3 is 5.69 Å². The van der Waals surface area contributed by atoms with Crippen molar-refractivity contribution in [1.82, 2.24) is 9.55 Å². The molecule has 1 aromatic carbocycles. The van der Waals surface area contributed by atoms with Crippen LogP contribution in [-0.2, 0) is 7.05 Å². The lowest BCUT2D eigenvalue weighted by atomic mass is 10.3. The number of nitrogens with one attached hydrogen (secondary N) is 2. The normalized spacial score (nSPS) is 10.2. The van der Waals surface area contributed by atoms with E-state index in [0.29, 0.717) is 16.5 Å². The number of hydrogen-bond donors (Lipinski definition) is 2. The first-order valence-electron chi connectivity index (χ1n) is 4.89. The van der Waals surface area contributed by atoms with Gasteiger partial charge < -0.3 is 5.32 Å². The number of halogens is 1. The fourth-order valence-electron chi connectivity index (χ4n) is 1.39. The molecule has 0 unspecified atom stereocenters. The minimum Gasteiger partial charge on any atom is -0.341 e. The van der Waals surface area contributed by atoms with E-state index in [0.717, 1.165) is 0 Å². The van der Waals surface area contributed by atoms with Crippen LogP contribution in [0.2, 0.25) is 5.02 Å². The van der Waals surface area contributed by atoms with Crippen molar-refractivity contribution >= 4 is 23.1 Å². The average Bonchev–Trinajstić information content (AvgIpc) is 2.25. The van der Waals surface area contributed by atoms with Crippen molar-refractivity contribution in [2.24, 2.45) is 7.05 Å². The van der Waals surface area contributed by atoms with Crippen LogP contribution in [0.5, 0.6) is 0 Å². The minimum atomic E-state index is -0.470. The Kier molecular flexibility index (Phi) is 3.01. The van der Waals surface area contributed by atoms with E-state index in [4.69, 9.17) is 11.6 Å². The number of anilines is 2. The summed E-state index contributed by atoms with van der Waals surface area (Å²) in [5, 5.41) is 3.53. The zero-order valence-electron chi connectivity index (χ0n) is 9.03. The SMILES string of the molecule is Cn1c(Nc2cccc(Cl)c2)cc(=O)[nH]c1=O. The Morgan fingerprint density at radius 1 is 1.29 bits per heavy atom. The summed E-state index contributed by atoms with van der Waals surface area (Å²) >= 11 is 5.84. The van der Waals surface area contributed by atoms with E-state index in [1.807, 2.05) is 0 Å². The van der Waals surface area contributed by atoms with Crippen molar-refractivity contribution in [2.75, 3.05) is 5.32 Å². The summed E-state index contributed by atoms with van der Waals surface area (Å²) in [6.45, 7) is 0. The molecule has 0 spiro atoms. The molecule has 6 heteroatoms. The van der Waals surface area contributed by atoms with E-state index in [-0.39, 0.29) is 0 Å². The maximum atomic E-state index is 11.4. The first-order valence-corrected chi connectivity index (χ1v) is 5.27. The molecular formula is C11H10ClN3O2. The molecule has 0 radical (unpaired) electrons. The molecule has 88 valence electrons. The third-order valence-electron chi connectivity index (χ3n) is 2.26. The standard InChI is InChI=1S/C11H10ClN3O2/c1-15-9(6-10(16)14-11(15)17)13-8-4-2-3-7(12)5-8/h2-6,13H,1H3,(H,14,16,17). The van der Waals surface area contributed by atoms with Gasteiger partial charge in [0, 0.05) is 23.8 Å². The first-order chi connectivity index (χ1) is 8.06. The molecule has 0 atom stereocenters. The second kappa shape index (κ2) is 4.47. The molecule has 17 heavy (non-hydrogen) atoms. The summed E-state index contributed by atoms with van der Waals surface area (Å²) in [6, 6.07) is 8.31. The van der Waals surface area contributed by atoms with Gasteiger partial charge in [-0.15, -0.1) is 0 Å². The molecule has 2 N–H and O–H groups in total. The quantitative estimate of drug-likeness (QED) is 0.849. The van der Waals surface area contributed by atoms with E-state index >= 15 is 0 Å². The van der Waals surface area contributed by atoms with Gasteiger partial charge in [-0.05, 0) is 18.2 Å². The number of nitrogens with zero attached hydrogens (tertiary/aromatic N) is 1. The molecular weight excluding hydrogens is 242 g/mol. The van der Waals surface area contributed by atoms with E-state index in [9.17, 15) is 9.59 Å². The number of benzene rings is 1. The van der Waals surface area contributed by atoms with Gasteiger partial charge in [0.05, 0.1) is 0 Å². The predicted octanol–water partition coefficient (Wildman–Crippen LogP) is 1.47. The van der Waals surface area contributed by atoms with E-state index in [1.165, 1.54) is 10.6 Å². The first kappa shape index (κ1) is 11.5. The lowest BCUT2D eigenvalue weighted by Crippen LogP contribution is -2.29. The van der Waals surface area contributed by atoms with Crippen LogP contribution in [0.15, 0.2) is 39.9 Å². The van der Waals surface area contributed by atoms with Crippen LogP contribution < -0.4 is 16.6 Å². The monoisotopic (exact) mass is 251 g/mol. The van der Waals surface area contributed by atoms with E-state index < -0.39 is 11.2 Å². The van der Waals surface area contributed by atoms with E-state index in [2.05, 4.69) is 10.3 Å². The van der Waals surface area contributed by atoms with Gasteiger partial charge in [-0.1, -0.05) is 17.7 Å². The Morgan fingerprint density at radius 3 is 2.76 bits per heavy atom. The van der Waals surface area contributed by atoms with Crippen LogP contribution in [-0.4, -0.2) is 9.55 Å². The van der Waals surface area contributed by atoms with Gasteiger partial charge in [0.2, 0.25) is 0 Å². The van der Waals surface area contributed by atoms with Gasteiger partial charge in [-0.25, -0.2) is 4.79 Å². The Morgan fingerprint density at radius 2 is 2.06 bits per heavy atom. The summed E-state index contributed by atoms with van der Waals surface area (Å²) in [7, 11) is 1.56. The van der Waals surface area contributed by atoms with E-state index in [1.54, 1.807) is 31.3 Å². The highest BCUT2D eigenvalue weighted by Crippen LogP contribution is 2.18. The van der Waals surface area contributed by atoms with Gasteiger partial charge in [-0.2, -0.15) is 0 Å². The highest BCUT2D eigenvalue weighted by Gasteiger charge is 2.02. The zero-order valence-corrected chi connectivity index (χ0v) is 9.78. The fraction of sp³-hybridized carbons (Fsp3) is 0.0909. The lowest BCUT2D eigenvalue weighted by molar-refractivity contribution is 0.810.